The fourth-order valence-electron chi connectivity index (χ4n) is 4.26. The molecule has 1 atom stereocenters. The maximum atomic E-state index is 15.3. The molecule has 4 aromatic carbocycles. The summed E-state index contributed by atoms with van der Waals surface area (Å²) in [7, 11) is -3.43. The Kier molecular flexibility index (Phi) is 7.23. The highest BCUT2D eigenvalue weighted by Crippen LogP contribution is 2.58. The second-order valence-corrected chi connectivity index (χ2v) is 10.8. The average molecular weight is 484 g/mol. The predicted octanol–water partition coefficient (Wildman–Crippen LogP) is 5.77. The Morgan fingerprint density at radius 2 is 1.26 bits per heavy atom. The Labute approximate surface area is 204 Å². The third-order valence-electron chi connectivity index (χ3n) is 5.94. The smallest absolute Gasteiger partial charge is 0.269 e. The first-order valence-electron chi connectivity index (χ1n) is 11.3. The zero-order chi connectivity index (χ0) is 24.8. The fraction of sp³-hybridized carbons (Fsp3) is 0.107. The van der Waals surface area contributed by atoms with Gasteiger partial charge in [-0.25, -0.2) is 0 Å². The maximum absolute atomic E-state index is 15.3. The van der Waals surface area contributed by atoms with Crippen LogP contribution in [-0.2, 0) is 4.57 Å². The van der Waals surface area contributed by atoms with Gasteiger partial charge >= 0.3 is 0 Å². The molecule has 7 heteroatoms. The van der Waals surface area contributed by atoms with Crippen molar-refractivity contribution in [1.29, 1.82) is 0 Å². The van der Waals surface area contributed by atoms with Crippen LogP contribution in [-0.4, -0.2) is 22.3 Å². The Bertz CT molecular complexity index is 1300. The summed E-state index contributed by atoms with van der Waals surface area (Å²) in [6.45, 7) is 2.14. The summed E-state index contributed by atoms with van der Waals surface area (Å²) in [5.74, 6) is -1.12. The highest BCUT2D eigenvalue weighted by Gasteiger charge is 2.43. The van der Waals surface area contributed by atoms with Gasteiger partial charge in [0.05, 0.1) is 4.92 Å². The third-order valence-corrected chi connectivity index (χ3v) is 9.34. The van der Waals surface area contributed by atoms with Gasteiger partial charge in [0.2, 0.25) is 0 Å². The first-order valence-corrected chi connectivity index (χ1v) is 13.1. The van der Waals surface area contributed by atoms with Gasteiger partial charge in [-0.2, -0.15) is 0 Å². The van der Waals surface area contributed by atoms with Crippen molar-refractivity contribution in [3.05, 3.63) is 137 Å². The van der Waals surface area contributed by atoms with Crippen LogP contribution in [0.5, 0.6) is 0 Å². The van der Waals surface area contributed by atoms with Crippen LogP contribution in [0.4, 0.5) is 5.69 Å². The van der Waals surface area contributed by atoms with Gasteiger partial charge in [-0.3, -0.25) is 14.9 Å². The Balaban J connectivity index is 1.92. The van der Waals surface area contributed by atoms with Gasteiger partial charge < -0.3 is 9.46 Å². The molecule has 1 amide bonds. The lowest BCUT2D eigenvalue weighted by Crippen LogP contribution is -2.38. The van der Waals surface area contributed by atoms with Gasteiger partial charge in [-0.05, 0) is 24.6 Å². The fourth-order valence-corrected chi connectivity index (χ4v) is 7.61. The van der Waals surface area contributed by atoms with Crippen molar-refractivity contribution < 1.29 is 14.3 Å². The van der Waals surface area contributed by atoms with Crippen LogP contribution in [0.25, 0.3) is 0 Å². The van der Waals surface area contributed by atoms with E-state index in [1.165, 1.54) is 24.3 Å². The monoisotopic (exact) mass is 484 g/mol. The van der Waals surface area contributed by atoms with Gasteiger partial charge in [-0.15, -0.1) is 0 Å². The van der Waals surface area contributed by atoms with E-state index in [-0.39, 0.29) is 11.6 Å². The van der Waals surface area contributed by atoms with E-state index in [9.17, 15) is 14.9 Å². The van der Waals surface area contributed by atoms with Crippen LogP contribution in [0.2, 0.25) is 0 Å². The van der Waals surface area contributed by atoms with Gasteiger partial charge in [-0.1, -0.05) is 91.0 Å². The molecule has 0 bridgehead atoms. The molecule has 0 aliphatic rings. The van der Waals surface area contributed by atoms with E-state index in [0.717, 1.165) is 5.56 Å². The topological polar surface area (TPSA) is 80.5 Å². The number of carbonyl (C=O) groups is 1. The van der Waals surface area contributed by atoms with E-state index < -0.39 is 17.8 Å². The molecule has 4 aromatic rings. The van der Waals surface area contributed by atoms with Gasteiger partial charge in [0.25, 0.3) is 11.6 Å². The van der Waals surface area contributed by atoms with Crippen molar-refractivity contribution in [3.63, 3.8) is 0 Å². The van der Waals surface area contributed by atoms with Crippen molar-refractivity contribution in [1.82, 2.24) is 4.90 Å². The van der Waals surface area contributed by atoms with E-state index in [0.29, 0.717) is 22.7 Å². The Hall–Kier alpha value is -4.02. The summed E-state index contributed by atoms with van der Waals surface area (Å²) in [5, 5.41) is 12.4. The minimum Gasteiger partial charge on any atom is -0.324 e. The van der Waals surface area contributed by atoms with Crippen molar-refractivity contribution in [2.24, 2.45) is 0 Å². The molecule has 0 radical (unpaired) electrons. The minimum absolute atomic E-state index is 0.0940. The standard InChI is InChI=1S/C28H25N2O4P/c1-2-29(27(31)22-18-20-24(21-19-22)30(32)33)28(23-12-6-3-7-13-23)35(34,25-14-8-4-9-15-25)26-16-10-5-11-17-26/h3-21,28H,2H2,1H3/t28-/m0/s1. The second-order valence-electron chi connectivity index (χ2n) is 8.01. The molecule has 0 unspecified atom stereocenters. The maximum Gasteiger partial charge on any atom is 0.269 e. The van der Waals surface area contributed by atoms with E-state index >= 15 is 4.57 Å². The number of hydrogen-bond acceptors (Lipinski definition) is 4. The number of non-ortho nitro benzene ring substituents is 1. The molecule has 0 heterocycles. The van der Waals surface area contributed by atoms with Crippen molar-refractivity contribution in [2.75, 3.05) is 6.54 Å². The molecule has 0 spiro atoms. The van der Waals surface area contributed by atoms with Crippen LogP contribution >= 0.6 is 7.14 Å². The molecule has 176 valence electrons. The minimum atomic E-state index is -3.43. The Morgan fingerprint density at radius 1 is 0.800 bits per heavy atom. The van der Waals surface area contributed by atoms with E-state index in [1.807, 2.05) is 97.9 Å². The second kappa shape index (κ2) is 10.5. The number of amides is 1. The first-order chi connectivity index (χ1) is 17.0. The number of nitrogens with zero attached hydrogens (tertiary/aromatic N) is 2. The normalized spacial score (nSPS) is 12.0. The van der Waals surface area contributed by atoms with Crippen LogP contribution in [0.3, 0.4) is 0 Å². The van der Waals surface area contributed by atoms with Crippen LogP contribution < -0.4 is 10.6 Å². The van der Waals surface area contributed by atoms with E-state index in [1.54, 1.807) is 4.90 Å². The molecule has 0 aromatic heterocycles. The average Bonchev–Trinajstić information content (AvgIpc) is 2.92. The van der Waals surface area contributed by atoms with Gasteiger partial charge in [0.15, 0.2) is 7.14 Å². The highest BCUT2D eigenvalue weighted by atomic mass is 31.2. The highest BCUT2D eigenvalue weighted by molar-refractivity contribution is 7.79. The van der Waals surface area contributed by atoms with Gasteiger partial charge in [0.1, 0.15) is 5.78 Å². The zero-order valence-corrected chi connectivity index (χ0v) is 20.1. The number of benzene rings is 4. The molecule has 0 aliphatic carbocycles. The SMILES string of the molecule is CCN(C(=O)c1ccc([N+](=O)[O-])cc1)[C@H](c1ccccc1)P(=O)(c1ccccc1)c1ccccc1. The molecule has 0 saturated carbocycles. The molecular weight excluding hydrogens is 459 g/mol. The molecule has 0 aliphatic heterocycles. The quantitative estimate of drug-likeness (QED) is 0.181. The van der Waals surface area contributed by atoms with Gasteiger partial charge in [0, 0.05) is 34.9 Å². The number of nitro benzene ring substituents is 1. The largest absolute Gasteiger partial charge is 0.324 e. The molecule has 0 saturated heterocycles. The molecule has 4 rings (SSSR count). The number of rotatable bonds is 8. The summed E-state index contributed by atoms with van der Waals surface area (Å²) in [4.78, 5) is 26.0. The summed E-state index contributed by atoms with van der Waals surface area (Å²) >= 11 is 0. The lowest BCUT2D eigenvalue weighted by Gasteiger charge is -2.37. The van der Waals surface area contributed by atoms with E-state index in [2.05, 4.69) is 0 Å². The lowest BCUT2D eigenvalue weighted by atomic mass is 10.1. The van der Waals surface area contributed by atoms with Crippen molar-refractivity contribution >= 4 is 29.3 Å². The molecule has 35 heavy (non-hydrogen) atoms. The predicted molar refractivity (Wildman–Crippen MR) is 139 cm³/mol. The number of hydrogen-bond donors (Lipinski definition) is 0. The molecule has 6 nitrogen and oxygen atoms in total. The third kappa shape index (κ3) is 4.79. The first kappa shape index (κ1) is 24.1. The molecule has 0 N–H and O–H groups in total. The van der Waals surface area contributed by atoms with Crippen LogP contribution in [0.1, 0.15) is 28.6 Å². The van der Waals surface area contributed by atoms with Crippen molar-refractivity contribution in [2.45, 2.75) is 12.7 Å². The van der Waals surface area contributed by atoms with Crippen molar-refractivity contribution in [3.8, 4) is 0 Å². The Morgan fingerprint density at radius 3 is 1.69 bits per heavy atom. The van der Waals surface area contributed by atoms with E-state index in [4.69, 9.17) is 0 Å². The van der Waals surface area contributed by atoms with Crippen LogP contribution in [0.15, 0.2) is 115 Å². The summed E-state index contributed by atoms with van der Waals surface area (Å²) in [6.07, 6.45) is 0. The lowest BCUT2D eigenvalue weighted by molar-refractivity contribution is -0.384. The summed E-state index contributed by atoms with van der Waals surface area (Å²) in [6, 6.07) is 33.4. The number of nitro groups is 1. The zero-order valence-electron chi connectivity index (χ0n) is 19.2. The number of carbonyl (C=O) groups excluding carboxylic acids is 1. The van der Waals surface area contributed by atoms with Crippen LogP contribution in [0, 0.1) is 10.1 Å². The summed E-state index contributed by atoms with van der Waals surface area (Å²) in [5.41, 5.74) is 0.954. The summed E-state index contributed by atoms with van der Waals surface area (Å²) < 4.78 is 15.3. The molecule has 0 fully saturated rings. The molecular formula is C28H25N2O4P.